The lowest BCUT2D eigenvalue weighted by Crippen LogP contribution is -1.97. The number of unbranched alkanes of at least 4 members (excludes halogenated alkanes) is 4. The first-order chi connectivity index (χ1) is 12.5. The molecular weight excluding hydrogens is 316 g/mol. The Morgan fingerprint density at radius 1 is 0.769 bits per heavy atom. The molecule has 146 valence electrons. The van der Waals surface area contributed by atoms with Gasteiger partial charge in [-0.1, -0.05) is 52.0 Å². The standard InChI is InChI=1S/C25H40O/c1-3-25(16-17-25)13-8-5-4-6-10-21-18-22(20-23(26)19-21)11-7-9-12-24(2)14-15-24/h18-20,26H,3-17H2,1-2H3. The van der Waals surface area contributed by atoms with Gasteiger partial charge in [0.25, 0.3) is 0 Å². The monoisotopic (exact) mass is 356 g/mol. The summed E-state index contributed by atoms with van der Waals surface area (Å²) < 4.78 is 0. The van der Waals surface area contributed by atoms with Gasteiger partial charge in [-0.15, -0.1) is 0 Å². The van der Waals surface area contributed by atoms with Crippen LogP contribution in [0.25, 0.3) is 0 Å². The maximum Gasteiger partial charge on any atom is 0.116 e. The van der Waals surface area contributed by atoms with Crippen LogP contribution in [-0.4, -0.2) is 5.11 Å². The van der Waals surface area contributed by atoms with Crippen molar-refractivity contribution in [2.75, 3.05) is 0 Å². The third-order valence-electron chi connectivity index (χ3n) is 7.27. The Balaban J connectivity index is 1.31. The fourth-order valence-electron chi connectivity index (χ4n) is 4.52. The molecule has 26 heavy (non-hydrogen) atoms. The summed E-state index contributed by atoms with van der Waals surface area (Å²) in [6.07, 6.45) is 20.3. The maximum absolute atomic E-state index is 10.1. The first-order valence-electron chi connectivity index (χ1n) is 11.3. The average molecular weight is 357 g/mol. The van der Waals surface area contributed by atoms with Crippen molar-refractivity contribution in [3.63, 3.8) is 0 Å². The molecule has 1 N–H and O–H groups in total. The summed E-state index contributed by atoms with van der Waals surface area (Å²) in [4.78, 5) is 0. The number of aryl methyl sites for hydroxylation is 2. The zero-order chi connectivity index (χ0) is 18.5. The first kappa shape index (κ1) is 19.8. The highest BCUT2D eigenvalue weighted by molar-refractivity contribution is 5.33. The van der Waals surface area contributed by atoms with E-state index in [1.165, 1.54) is 94.6 Å². The van der Waals surface area contributed by atoms with E-state index in [4.69, 9.17) is 0 Å². The van der Waals surface area contributed by atoms with Crippen LogP contribution in [0.1, 0.15) is 108 Å². The zero-order valence-electron chi connectivity index (χ0n) is 17.3. The Kier molecular flexibility index (Phi) is 6.70. The van der Waals surface area contributed by atoms with Crippen LogP contribution in [0, 0.1) is 10.8 Å². The molecule has 0 atom stereocenters. The molecule has 0 heterocycles. The minimum Gasteiger partial charge on any atom is -0.508 e. The van der Waals surface area contributed by atoms with Crippen LogP contribution in [0.15, 0.2) is 18.2 Å². The topological polar surface area (TPSA) is 20.2 Å². The van der Waals surface area contributed by atoms with E-state index in [-0.39, 0.29) is 0 Å². The van der Waals surface area contributed by atoms with Gasteiger partial charge in [0.15, 0.2) is 0 Å². The highest BCUT2D eigenvalue weighted by Crippen LogP contribution is 2.52. The second-order valence-electron chi connectivity index (χ2n) is 9.79. The first-order valence-corrected chi connectivity index (χ1v) is 11.3. The molecule has 0 bridgehead atoms. The van der Waals surface area contributed by atoms with Gasteiger partial charge < -0.3 is 5.11 Å². The molecule has 0 spiro atoms. The number of phenolic OH excluding ortho intramolecular Hbond substituents is 1. The molecule has 2 saturated carbocycles. The summed E-state index contributed by atoms with van der Waals surface area (Å²) in [5.41, 5.74) is 4.11. The number of benzene rings is 1. The molecule has 1 aromatic carbocycles. The van der Waals surface area contributed by atoms with E-state index >= 15 is 0 Å². The molecule has 0 aliphatic heterocycles. The van der Waals surface area contributed by atoms with Crippen LogP contribution >= 0.6 is 0 Å². The van der Waals surface area contributed by atoms with Gasteiger partial charge in [0.05, 0.1) is 0 Å². The second-order valence-corrected chi connectivity index (χ2v) is 9.79. The van der Waals surface area contributed by atoms with Gasteiger partial charge in [-0.3, -0.25) is 0 Å². The highest BCUT2D eigenvalue weighted by Gasteiger charge is 2.39. The summed E-state index contributed by atoms with van der Waals surface area (Å²) in [7, 11) is 0. The van der Waals surface area contributed by atoms with Crippen LogP contribution in [0.4, 0.5) is 0 Å². The number of aromatic hydroxyl groups is 1. The van der Waals surface area contributed by atoms with Crippen LogP contribution in [0.3, 0.4) is 0 Å². The van der Waals surface area contributed by atoms with E-state index in [1.54, 1.807) is 0 Å². The molecule has 0 unspecified atom stereocenters. The third kappa shape index (κ3) is 6.32. The lowest BCUT2D eigenvalue weighted by molar-refractivity contribution is 0.420. The molecule has 2 aliphatic carbocycles. The summed E-state index contributed by atoms with van der Waals surface area (Å²) in [6, 6.07) is 6.29. The number of phenols is 1. The van der Waals surface area contributed by atoms with Crippen molar-refractivity contribution >= 4 is 0 Å². The van der Waals surface area contributed by atoms with E-state index in [1.807, 2.05) is 12.1 Å². The minimum atomic E-state index is 0.463. The largest absolute Gasteiger partial charge is 0.508 e. The lowest BCUT2D eigenvalue weighted by Gasteiger charge is -2.11. The number of hydrogen-bond donors (Lipinski definition) is 1. The van der Waals surface area contributed by atoms with Gasteiger partial charge in [-0.05, 0) is 98.3 Å². The average Bonchev–Trinajstić information content (AvgIpc) is 3.53. The predicted molar refractivity (Wildman–Crippen MR) is 112 cm³/mol. The van der Waals surface area contributed by atoms with Gasteiger partial charge in [-0.25, -0.2) is 0 Å². The quantitative estimate of drug-likeness (QED) is 0.361. The maximum atomic E-state index is 10.1. The Labute approximate surface area is 161 Å². The Hall–Kier alpha value is -0.980. The molecule has 1 nitrogen and oxygen atoms in total. The van der Waals surface area contributed by atoms with Gasteiger partial charge >= 0.3 is 0 Å². The molecule has 3 rings (SSSR count). The van der Waals surface area contributed by atoms with E-state index in [9.17, 15) is 5.11 Å². The van der Waals surface area contributed by atoms with Crippen molar-refractivity contribution in [3.8, 4) is 5.75 Å². The fraction of sp³-hybridized carbons (Fsp3) is 0.760. The predicted octanol–water partition coefficient (Wildman–Crippen LogP) is 7.59. The molecule has 1 aromatic rings. The summed E-state index contributed by atoms with van der Waals surface area (Å²) in [5.74, 6) is 0.463. The van der Waals surface area contributed by atoms with Gasteiger partial charge in [-0.2, -0.15) is 0 Å². The summed E-state index contributed by atoms with van der Waals surface area (Å²) in [6.45, 7) is 4.78. The molecule has 2 aliphatic rings. The highest BCUT2D eigenvalue weighted by atomic mass is 16.3. The third-order valence-corrected chi connectivity index (χ3v) is 7.27. The van der Waals surface area contributed by atoms with Crippen LogP contribution in [-0.2, 0) is 12.8 Å². The normalized spacial score (nSPS) is 19.5. The van der Waals surface area contributed by atoms with Crippen molar-refractivity contribution in [1.29, 1.82) is 0 Å². The van der Waals surface area contributed by atoms with E-state index in [0.717, 1.165) is 18.3 Å². The molecule has 0 saturated heterocycles. The number of rotatable bonds is 13. The molecule has 0 radical (unpaired) electrons. The van der Waals surface area contributed by atoms with E-state index in [2.05, 4.69) is 19.9 Å². The molecule has 2 fully saturated rings. The molecule has 1 heteroatoms. The smallest absolute Gasteiger partial charge is 0.116 e. The fourth-order valence-corrected chi connectivity index (χ4v) is 4.52. The molecule has 0 aromatic heterocycles. The van der Waals surface area contributed by atoms with Crippen molar-refractivity contribution in [2.24, 2.45) is 10.8 Å². The van der Waals surface area contributed by atoms with Crippen molar-refractivity contribution in [1.82, 2.24) is 0 Å². The van der Waals surface area contributed by atoms with Gasteiger partial charge in [0, 0.05) is 0 Å². The zero-order valence-corrected chi connectivity index (χ0v) is 17.3. The van der Waals surface area contributed by atoms with Gasteiger partial charge in [0.1, 0.15) is 5.75 Å². The van der Waals surface area contributed by atoms with Crippen molar-refractivity contribution in [2.45, 2.75) is 110 Å². The Bertz CT molecular complexity index is 566. The number of hydrogen-bond acceptors (Lipinski definition) is 1. The molecule has 0 amide bonds. The summed E-state index contributed by atoms with van der Waals surface area (Å²) in [5, 5.41) is 10.1. The van der Waals surface area contributed by atoms with Crippen LogP contribution in [0.5, 0.6) is 5.75 Å². The SMILES string of the molecule is CCC1(CCCCCCc2cc(O)cc(CCCCC3(C)CC3)c2)CC1. The summed E-state index contributed by atoms with van der Waals surface area (Å²) >= 11 is 0. The van der Waals surface area contributed by atoms with Crippen molar-refractivity contribution < 1.29 is 5.11 Å². The Morgan fingerprint density at radius 3 is 1.92 bits per heavy atom. The van der Waals surface area contributed by atoms with E-state index in [0.29, 0.717) is 11.2 Å². The second kappa shape index (κ2) is 8.81. The van der Waals surface area contributed by atoms with E-state index < -0.39 is 0 Å². The minimum absolute atomic E-state index is 0.463. The lowest BCUT2D eigenvalue weighted by atomic mass is 9.94. The van der Waals surface area contributed by atoms with Crippen LogP contribution in [0.2, 0.25) is 0 Å². The Morgan fingerprint density at radius 2 is 1.35 bits per heavy atom. The van der Waals surface area contributed by atoms with Crippen LogP contribution < -0.4 is 0 Å². The van der Waals surface area contributed by atoms with Gasteiger partial charge in [0.2, 0.25) is 0 Å². The molecular formula is C25H40O. The van der Waals surface area contributed by atoms with Crippen molar-refractivity contribution in [3.05, 3.63) is 29.3 Å².